The molecule has 1 N–H and O–H groups in total. The number of hydrogen-bond acceptors (Lipinski definition) is 5. The summed E-state index contributed by atoms with van der Waals surface area (Å²) in [7, 11) is 0. The number of aryl methyl sites for hydroxylation is 1. The number of amides is 2. The minimum absolute atomic E-state index is 0.191. The maximum atomic E-state index is 13.0. The summed E-state index contributed by atoms with van der Waals surface area (Å²) in [5.41, 5.74) is 4.48. The van der Waals surface area contributed by atoms with Gasteiger partial charge in [0, 0.05) is 47.3 Å². The minimum Gasteiger partial charge on any atom is -0.343 e. The third-order valence-electron chi connectivity index (χ3n) is 6.94. The van der Waals surface area contributed by atoms with Crippen LogP contribution in [0.5, 0.6) is 0 Å². The van der Waals surface area contributed by atoms with Gasteiger partial charge in [-0.3, -0.25) is 9.59 Å². The van der Waals surface area contributed by atoms with Gasteiger partial charge < -0.3 is 10.2 Å². The van der Waals surface area contributed by atoms with E-state index in [9.17, 15) is 9.59 Å². The highest BCUT2D eigenvalue weighted by Crippen LogP contribution is 2.33. The van der Waals surface area contributed by atoms with Gasteiger partial charge in [0.1, 0.15) is 5.69 Å². The van der Waals surface area contributed by atoms with Crippen LogP contribution in [0.25, 0.3) is 11.1 Å². The number of carbonyl (C=O) groups is 2. The van der Waals surface area contributed by atoms with Crippen LogP contribution in [0.2, 0.25) is 0 Å². The van der Waals surface area contributed by atoms with Crippen molar-refractivity contribution in [3.8, 4) is 11.1 Å². The van der Waals surface area contributed by atoms with Gasteiger partial charge in [-0.05, 0) is 49.6 Å². The van der Waals surface area contributed by atoms with Crippen molar-refractivity contribution in [3.05, 3.63) is 81.7 Å². The molecule has 1 unspecified atom stereocenters. The molecule has 2 aromatic carbocycles. The van der Waals surface area contributed by atoms with Crippen molar-refractivity contribution in [2.24, 2.45) is 0 Å². The van der Waals surface area contributed by atoms with Gasteiger partial charge in [-0.1, -0.05) is 54.1 Å². The fourth-order valence-electron chi connectivity index (χ4n) is 4.78. The monoisotopic (exact) mass is 517 g/mol. The second-order valence-corrected chi connectivity index (χ2v) is 11.6. The molecule has 2 aliphatic rings. The van der Waals surface area contributed by atoms with Crippen LogP contribution in [-0.4, -0.2) is 40.0 Å². The fourth-order valence-corrected chi connectivity index (χ4v) is 6.67. The fraction of sp³-hybridized carbons (Fsp3) is 0.345. The van der Waals surface area contributed by atoms with Gasteiger partial charge in [-0.15, -0.1) is 23.1 Å². The molecule has 0 spiro atoms. The lowest BCUT2D eigenvalue weighted by molar-refractivity contribution is -0.132. The molecular weight excluding hydrogens is 486 g/mol. The Kier molecular flexibility index (Phi) is 7.87. The van der Waals surface area contributed by atoms with E-state index in [0.29, 0.717) is 23.3 Å². The number of allylic oxidation sites excluding steroid dienone is 1. The number of hydrogen-bond donors (Lipinski definition) is 1. The first-order chi connectivity index (χ1) is 17.6. The molecule has 2 aliphatic heterocycles. The first-order valence-corrected chi connectivity index (χ1v) is 14.4. The summed E-state index contributed by atoms with van der Waals surface area (Å²) in [5, 5.41) is 8.62. The van der Waals surface area contributed by atoms with Crippen molar-refractivity contribution in [3.63, 3.8) is 0 Å². The molecule has 0 bridgehead atoms. The Morgan fingerprint density at radius 1 is 1.08 bits per heavy atom. The number of benzene rings is 2. The highest BCUT2D eigenvalue weighted by Gasteiger charge is 2.27. The van der Waals surface area contributed by atoms with Crippen LogP contribution in [0.3, 0.4) is 0 Å². The Bertz CT molecular complexity index is 1240. The van der Waals surface area contributed by atoms with Crippen LogP contribution in [0.15, 0.2) is 65.4 Å². The van der Waals surface area contributed by atoms with Gasteiger partial charge in [0.15, 0.2) is 0 Å². The molecule has 3 heterocycles. The second kappa shape index (κ2) is 11.4. The van der Waals surface area contributed by atoms with Crippen LogP contribution in [0.4, 0.5) is 5.69 Å². The van der Waals surface area contributed by atoms with Gasteiger partial charge >= 0.3 is 0 Å². The molecule has 1 saturated heterocycles. The largest absolute Gasteiger partial charge is 0.343 e. The number of thioether (sulfide) groups is 1. The molecule has 2 amide bonds. The van der Waals surface area contributed by atoms with E-state index in [-0.39, 0.29) is 11.8 Å². The van der Waals surface area contributed by atoms with Crippen molar-refractivity contribution in [1.29, 1.82) is 0 Å². The van der Waals surface area contributed by atoms with Gasteiger partial charge in [0.05, 0.1) is 5.01 Å². The van der Waals surface area contributed by atoms with E-state index in [0.717, 1.165) is 60.6 Å². The van der Waals surface area contributed by atoms with Crippen molar-refractivity contribution in [2.75, 3.05) is 18.4 Å². The second-order valence-electron chi connectivity index (χ2n) is 9.50. The lowest BCUT2D eigenvalue weighted by atomic mass is 9.97. The summed E-state index contributed by atoms with van der Waals surface area (Å²) in [6, 6.07) is 16.1. The minimum atomic E-state index is -0.191. The van der Waals surface area contributed by atoms with E-state index >= 15 is 0 Å². The van der Waals surface area contributed by atoms with E-state index in [2.05, 4.69) is 48.0 Å². The molecule has 186 valence electrons. The van der Waals surface area contributed by atoms with Gasteiger partial charge in [0.25, 0.3) is 5.91 Å². The topological polar surface area (TPSA) is 62.3 Å². The maximum absolute atomic E-state index is 13.0. The molecule has 0 aliphatic carbocycles. The Labute approximate surface area is 221 Å². The Morgan fingerprint density at radius 2 is 1.86 bits per heavy atom. The van der Waals surface area contributed by atoms with E-state index < -0.39 is 0 Å². The molecular formula is C29H31N3O2S2. The highest BCUT2D eigenvalue weighted by atomic mass is 32.2. The zero-order valence-electron chi connectivity index (χ0n) is 20.5. The molecule has 0 saturated carbocycles. The number of thiazole rings is 1. The summed E-state index contributed by atoms with van der Waals surface area (Å²) in [5.74, 6) is 0.381. The van der Waals surface area contributed by atoms with Crippen molar-refractivity contribution < 1.29 is 9.59 Å². The van der Waals surface area contributed by atoms with E-state index in [1.165, 1.54) is 5.56 Å². The number of nitrogens with zero attached hydrogens (tertiary/aromatic N) is 2. The summed E-state index contributed by atoms with van der Waals surface area (Å²) >= 11 is 3.39. The number of anilines is 1. The zero-order valence-corrected chi connectivity index (χ0v) is 22.1. The van der Waals surface area contributed by atoms with Crippen LogP contribution in [0.1, 0.15) is 59.1 Å². The normalized spacial score (nSPS) is 17.9. The van der Waals surface area contributed by atoms with Gasteiger partial charge in [-0.2, -0.15) is 0 Å². The van der Waals surface area contributed by atoms with Crippen LogP contribution in [0, 0.1) is 6.92 Å². The molecule has 36 heavy (non-hydrogen) atoms. The molecule has 3 aromatic rings. The lowest BCUT2D eigenvalue weighted by Gasteiger charge is -2.31. The zero-order chi connectivity index (χ0) is 24.9. The summed E-state index contributed by atoms with van der Waals surface area (Å²) < 4.78 is 0. The molecule has 1 atom stereocenters. The maximum Gasteiger partial charge on any atom is 0.275 e. The van der Waals surface area contributed by atoms with Crippen LogP contribution in [-0.2, 0) is 4.79 Å². The first kappa shape index (κ1) is 24.8. The van der Waals surface area contributed by atoms with Crippen molar-refractivity contribution in [1.82, 2.24) is 9.88 Å². The Hall–Kier alpha value is -2.90. The molecule has 1 fully saturated rings. The van der Waals surface area contributed by atoms with Crippen LogP contribution >= 0.6 is 23.1 Å². The van der Waals surface area contributed by atoms with Crippen molar-refractivity contribution >= 4 is 40.6 Å². The number of likely N-dealkylation sites (tertiary alicyclic amines) is 1. The third kappa shape index (κ3) is 5.90. The average molecular weight is 518 g/mol. The lowest BCUT2D eigenvalue weighted by Crippen LogP contribution is -2.38. The van der Waals surface area contributed by atoms with E-state index in [1.807, 2.05) is 46.3 Å². The number of nitrogens with one attached hydrogen (secondary N) is 1. The van der Waals surface area contributed by atoms with Crippen molar-refractivity contribution in [2.45, 2.75) is 50.2 Å². The van der Waals surface area contributed by atoms with E-state index in [1.54, 1.807) is 11.3 Å². The van der Waals surface area contributed by atoms with Gasteiger partial charge in [-0.25, -0.2) is 4.98 Å². The average Bonchev–Trinajstić information content (AvgIpc) is 3.61. The van der Waals surface area contributed by atoms with E-state index in [4.69, 9.17) is 4.98 Å². The number of aromatic nitrogens is 1. The van der Waals surface area contributed by atoms with Crippen LogP contribution < -0.4 is 5.32 Å². The predicted molar refractivity (Wildman–Crippen MR) is 150 cm³/mol. The quantitative estimate of drug-likeness (QED) is 0.371. The standard InChI is InChI=1S/C29H31N3O2S2/c1-20-8-10-21(11-9-20)24-6-2-3-7-25(24)30-28(34)26-19-36-29(31-26)22-14-16-32(17-15-22)27(33)13-12-23-5-4-18-35-23/h2-4,6-11,18-19,22-23H,5,12-17H2,1H3,(H,30,34). The number of para-hydroxylation sites is 1. The molecule has 5 nitrogen and oxygen atoms in total. The number of piperidine rings is 1. The first-order valence-electron chi connectivity index (χ1n) is 12.6. The SMILES string of the molecule is Cc1ccc(-c2ccccc2NC(=O)c2csc(C3CCN(C(=O)CCC4CC=CS4)CC3)n2)cc1. The molecule has 1 aromatic heterocycles. The third-order valence-corrected chi connectivity index (χ3v) is 9.11. The summed E-state index contributed by atoms with van der Waals surface area (Å²) in [6.07, 6.45) is 6.66. The summed E-state index contributed by atoms with van der Waals surface area (Å²) in [4.78, 5) is 32.4. The predicted octanol–water partition coefficient (Wildman–Crippen LogP) is 6.88. The summed E-state index contributed by atoms with van der Waals surface area (Å²) in [6.45, 7) is 3.60. The highest BCUT2D eigenvalue weighted by molar-refractivity contribution is 8.03. The Balaban J connectivity index is 1.16. The molecule has 0 radical (unpaired) electrons. The number of rotatable bonds is 7. The number of carbonyl (C=O) groups excluding carboxylic acids is 2. The molecule has 5 rings (SSSR count). The van der Waals surface area contributed by atoms with Gasteiger partial charge in [0.2, 0.25) is 5.91 Å². The Morgan fingerprint density at radius 3 is 2.61 bits per heavy atom. The molecule has 7 heteroatoms. The smallest absolute Gasteiger partial charge is 0.275 e.